The first-order valence-electron chi connectivity index (χ1n) is 53.1. The molecular weight excluding hydrogens is 1740 g/mol. The Morgan fingerprint density at radius 1 is 0.319 bits per heavy atom. The molecule has 25 rings (SSSR count). The van der Waals surface area contributed by atoms with Crippen molar-refractivity contribution in [2.75, 3.05) is 32.7 Å². The third kappa shape index (κ3) is 14.6. The summed E-state index contributed by atoms with van der Waals surface area (Å²) in [4.78, 5) is 110. The van der Waals surface area contributed by atoms with Gasteiger partial charge in [-0.3, -0.25) is 62.9 Å². The number of aliphatic hydroxyl groups is 4. The molecule has 26 nitrogen and oxygen atoms in total. The Labute approximate surface area is 811 Å². The van der Waals surface area contributed by atoms with Crippen LogP contribution in [0.15, 0.2) is 66.7 Å². The van der Waals surface area contributed by atoms with Gasteiger partial charge in [-0.1, -0.05) is 68.9 Å². The van der Waals surface area contributed by atoms with Gasteiger partial charge in [0.1, 0.15) is 40.3 Å². The van der Waals surface area contributed by atoms with Crippen LogP contribution in [0.25, 0.3) is 0 Å². The lowest BCUT2D eigenvalue weighted by Crippen LogP contribution is -2.74. The molecule has 10 saturated carbocycles. The van der Waals surface area contributed by atoms with E-state index in [1.807, 2.05) is 30.3 Å². The molecule has 0 aromatic heterocycles. The zero-order valence-electron chi connectivity index (χ0n) is 81.7. The van der Waals surface area contributed by atoms with Gasteiger partial charge in [-0.05, 0) is 346 Å². The number of carbonyl (C=O) groups excluding carboxylic acids is 8. The van der Waals surface area contributed by atoms with E-state index in [0.717, 1.165) is 123 Å². The first-order chi connectivity index (χ1) is 65.8. The van der Waals surface area contributed by atoms with Crippen molar-refractivity contribution in [3.63, 3.8) is 0 Å². The van der Waals surface area contributed by atoms with Crippen molar-refractivity contribution >= 4 is 46.9 Å². The number of phenols is 4. The predicted molar refractivity (Wildman–Crippen MR) is 521 cm³/mol. The molecule has 18 N–H and O–H groups in total. The minimum Gasteiger partial charge on any atom is -0.507 e. The monoisotopic (exact) mass is 1890 g/mol. The number of nitrogens with zero attached hydrogens (tertiary/aromatic N) is 5. The molecule has 15 fully saturated rings. The minimum absolute atomic E-state index is 0.0162. The van der Waals surface area contributed by atoms with Gasteiger partial charge in [0.25, 0.3) is 23.6 Å². The van der Waals surface area contributed by atoms with Gasteiger partial charge in [-0.15, -0.1) is 0 Å². The summed E-state index contributed by atoms with van der Waals surface area (Å²) >= 11 is 0. The number of hydrogen-bond acceptors (Lipinski definition) is 21. The number of rotatable bonds is 15. The number of benzene rings is 5. The summed E-state index contributed by atoms with van der Waals surface area (Å²) in [7, 11) is 0. The van der Waals surface area contributed by atoms with Crippen molar-refractivity contribution in [2.24, 2.45) is 64.2 Å². The van der Waals surface area contributed by atoms with Gasteiger partial charge in [0.05, 0.1) is 44.7 Å². The maximum Gasteiger partial charge on any atom is 0.252 e. The van der Waals surface area contributed by atoms with Crippen molar-refractivity contribution in [1.82, 2.24) is 24.5 Å². The van der Waals surface area contributed by atoms with Crippen molar-refractivity contribution in [3.8, 4) is 23.0 Å². The number of likely N-dealkylation sites (tertiary alicyclic amines) is 5. The van der Waals surface area contributed by atoms with E-state index in [2.05, 4.69) is 71.3 Å². The van der Waals surface area contributed by atoms with E-state index in [0.29, 0.717) is 153 Å². The summed E-state index contributed by atoms with van der Waals surface area (Å²) in [6.07, 6.45) is 35.2. The van der Waals surface area contributed by atoms with Crippen molar-refractivity contribution in [2.45, 2.75) is 395 Å². The zero-order valence-corrected chi connectivity index (χ0v) is 81.7. The number of ketones is 3. The number of nitrogens with two attached hydrogens (primary N) is 5. The summed E-state index contributed by atoms with van der Waals surface area (Å²) in [6.45, 7) is 16.1. The fourth-order valence-corrected chi connectivity index (χ4v) is 33.4. The second kappa shape index (κ2) is 34.8. The molecule has 0 radical (unpaired) electrons. The van der Waals surface area contributed by atoms with E-state index >= 15 is 0 Å². The van der Waals surface area contributed by atoms with Gasteiger partial charge in [-0.25, -0.2) is 0 Å². The van der Waals surface area contributed by atoms with Crippen molar-refractivity contribution < 1.29 is 79.2 Å². The molecule has 742 valence electrons. The highest BCUT2D eigenvalue weighted by Crippen LogP contribution is 2.68. The Morgan fingerprint density at radius 3 is 0.957 bits per heavy atom. The fraction of sp³-hybridized carbons (Fsp3) is 0.661. The molecule has 5 aliphatic heterocycles. The number of piperidine rings is 5. The highest BCUT2D eigenvalue weighted by molar-refractivity contribution is 5.99. The van der Waals surface area contributed by atoms with Crippen molar-refractivity contribution in [3.05, 3.63) is 150 Å². The second-order valence-corrected chi connectivity index (χ2v) is 47.3. The molecule has 0 spiro atoms. The lowest BCUT2D eigenvalue weighted by molar-refractivity contribution is -0.182. The predicted octanol–water partition coefficient (Wildman–Crippen LogP) is 11.8. The van der Waals surface area contributed by atoms with E-state index in [-0.39, 0.29) is 112 Å². The van der Waals surface area contributed by atoms with Crippen LogP contribution in [0.5, 0.6) is 23.0 Å². The molecule has 15 aliphatic carbocycles. The van der Waals surface area contributed by atoms with Crippen molar-refractivity contribution in [1.29, 1.82) is 0 Å². The van der Waals surface area contributed by atoms with Gasteiger partial charge >= 0.3 is 0 Å². The molecule has 5 amide bonds. The molecule has 5 heterocycles. The van der Waals surface area contributed by atoms with Crippen LogP contribution < -0.4 is 28.7 Å². The Morgan fingerprint density at radius 2 is 0.623 bits per heavy atom. The molecule has 5 aromatic rings. The molecule has 20 aliphatic rings. The third-order valence-corrected chi connectivity index (χ3v) is 41.6. The van der Waals surface area contributed by atoms with E-state index < -0.39 is 67.7 Å². The fourth-order valence-electron chi connectivity index (χ4n) is 33.4. The second-order valence-electron chi connectivity index (χ2n) is 47.3. The van der Waals surface area contributed by atoms with Crippen LogP contribution >= 0.6 is 0 Å². The molecule has 20 atom stereocenters. The number of Topliss-reactive ketones (excluding diaryl/α,β-unsaturated/α-hetero) is 3. The van der Waals surface area contributed by atoms with Crippen LogP contribution in [0, 0.1) is 35.5 Å². The molecule has 0 unspecified atom stereocenters. The number of aromatic hydroxyl groups is 4. The Kier molecular flexibility index (Phi) is 24.1. The highest BCUT2D eigenvalue weighted by atomic mass is 16.3. The SMILES string of the molecule is C[C@@H](C1CC1)N1CC[C@]23CCCC[C@@]2(O)[C@H]1Cc1ccc(C(N)=O)c(O)c13.C[C@@H](C1CCC1)N1CC[C@]23CC(=O)CC[C@@]2(O)[C@H]1Cc1ccc(C(N)=O)c(O)c13.C[C@H](C1CC1)N1CC[C@]23CC(=O)CC[C@@]2(O)[C@H]1Cc1ccc(C(N)=O)c(O)c13.C[C@H](C1CC1)N1CC[C@]23CCCC[C@H]2[C@H]1Cc1ccc(C(N)=O)cc13.C[C@H](C1CCC1)N1CC[C@]23CC(=O)CC[C@@]2(O)[C@H]1Cc1ccc(C(N)=O)c(O)c13. The largest absolute Gasteiger partial charge is 0.507 e. The van der Waals surface area contributed by atoms with Gasteiger partial charge in [0.2, 0.25) is 5.91 Å². The minimum atomic E-state index is -1.09. The van der Waals surface area contributed by atoms with Gasteiger partial charge in [0, 0.05) is 154 Å². The maximum atomic E-state index is 12.6. The van der Waals surface area contributed by atoms with Gasteiger partial charge in [-0.2, -0.15) is 0 Å². The van der Waals surface area contributed by atoms with E-state index in [9.17, 15) is 79.2 Å². The standard InChI is InChI=1S/2C23H30N2O4.C22H28N2O4.C22H30N2O3.C22H30N2O/c2*1-13(14-3-2-4-14)25-10-9-22-12-16(26)7-8-23(22,29)18(25)11-15-5-6-17(21(24)28)20(27)19(15)22;1-12(13-2-3-13)24-9-8-21-11-15(25)6-7-22(21,28)17(24)10-14-4-5-16(20(23)27)19(26)18(14)21;1-13(14-4-5-14)24-11-10-21-8-2-3-9-22(21,27)17(24)12-15-6-7-16(20(23)26)19(25)18(15)21;1-14(15-5-6-15)24-11-10-22-9-3-2-4-18(22)20(24)13-16-7-8-17(21(23)25)12-19(16)22/h2*5-6,13-14,18,27,29H,2-4,7-12H2,1H3,(H2,24,28);4-5,12-13,17,26,28H,2-3,6-11H2,1H3,(H2,23,27);6-7,13-14,17,25,27H,2-5,8-12H2,1H3,(H2,23,26);7-8,12,14-15,18,20H,2-6,9-11,13H2,1H3,(H2,23,25)/t13-,18+,22+,23+;13-,18-,22-,23-;12-,17-,21-,22-;13-,17+,21-,22+;14-,18+,20-,22-/m01101/s1. The van der Waals surface area contributed by atoms with Crippen LogP contribution in [-0.4, -0.2) is 228 Å². The average molecular weight is 1890 g/mol. The Balaban J connectivity index is 0.000000103. The van der Waals surface area contributed by atoms with Crippen LogP contribution in [0.2, 0.25) is 0 Å². The normalized spacial score (nSPS) is 35.7. The topological polar surface area (TPSA) is 445 Å². The number of carbonyl (C=O) groups is 8. The summed E-state index contributed by atoms with van der Waals surface area (Å²) < 4.78 is 0. The Bertz CT molecular complexity index is 5640. The molecule has 26 heteroatoms. The molecule has 10 bridgehead atoms. The average Bonchev–Trinajstić information content (AvgIpc) is 0.759. The quantitative estimate of drug-likeness (QED) is 0.0463. The van der Waals surface area contributed by atoms with E-state index in [4.69, 9.17) is 28.7 Å². The van der Waals surface area contributed by atoms with Crippen LogP contribution in [0.3, 0.4) is 0 Å². The lowest BCUT2D eigenvalue weighted by atomic mass is 9.49. The van der Waals surface area contributed by atoms with Gasteiger partial charge in [0.15, 0.2) is 0 Å². The molecular formula is C112H148N10O16. The summed E-state index contributed by atoms with van der Waals surface area (Å²) in [5.41, 5.74) is 31.3. The zero-order chi connectivity index (χ0) is 97.1. The summed E-state index contributed by atoms with van der Waals surface area (Å²) in [6, 6.07) is 23.3. The molecule has 5 saturated heterocycles. The third-order valence-electron chi connectivity index (χ3n) is 41.6. The first kappa shape index (κ1) is 95.5. The highest BCUT2D eigenvalue weighted by Gasteiger charge is 2.72. The van der Waals surface area contributed by atoms with E-state index in [1.165, 1.54) is 127 Å². The Hall–Kier alpha value is -8.70. The summed E-state index contributed by atoms with van der Waals surface area (Å²) in [5.74, 6) is 1.49. The summed E-state index contributed by atoms with van der Waals surface area (Å²) in [5, 5.41) is 92.5. The molecule has 138 heavy (non-hydrogen) atoms. The van der Waals surface area contributed by atoms with Crippen LogP contribution in [0.1, 0.15) is 360 Å². The van der Waals surface area contributed by atoms with Crippen LogP contribution in [-0.2, 0) is 73.6 Å². The maximum absolute atomic E-state index is 12.6. The number of fused-ring (bicyclic) bond motifs is 5. The first-order valence-corrected chi connectivity index (χ1v) is 53.1. The van der Waals surface area contributed by atoms with E-state index in [1.54, 1.807) is 24.3 Å². The smallest absolute Gasteiger partial charge is 0.252 e. The van der Waals surface area contributed by atoms with Crippen LogP contribution in [0.4, 0.5) is 0 Å². The number of primary amides is 5. The van der Waals surface area contributed by atoms with Gasteiger partial charge < -0.3 is 69.5 Å². The number of hydrogen-bond donors (Lipinski definition) is 13. The number of amides is 5. The lowest BCUT2D eigenvalue weighted by Gasteiger charge is -2.65. The molecule has 5 aromatic carbocycles.